The van der Waals surface area contributed by atoms with Crippen LogP contribution in [0.4, 0.5) is 0 Å². The molecule has 7 nitrogen and oxygen atoms in total. The van der Waals surface area contributed by atoms with E-state index >= 15 is 0 Å². The van der Waals surface area contributed by atoms with Gasteiger partial charge in [-0.25, -0.2) is 13.2 Å². The molecule has 0 N–H and O–H groups in total. The van der Waals surface area contributed by atoms with Gasteiger partial charge in [-0.15, -0.1) is 11.3 Å². The smallest absolute Gasteiger partial charge is 0.328 e. The molecule has 1 aromatic rings. The Morgan fingerprint density at radius 3 is 2.72 bits per heavy atom. The molecule has 1 fully saturated rings. The molecule has 1 aliphatic heterocycles. The fourth-order valence-electron chi connectivity index (χ4n) is 2.67. The molecule has 0 spiro atoms. The Labute approximate surface area is 156 Å². The van der Waals surface area contributed by atoms with Gasteiger partial charge in [0.2, 0.25) is 5.91 Å². The van der Waals surface area contributed by atoms with Gasteiger partial charge in [0, 0.05) is 13.6 Å². The van der Waals surface area contributed by atoms with Crippen LogP contribution < -0.4 is 0 Å². The molecule has 0 aromatic carbocycles. The standard InChI is InChI=1S/C15H21ClN2O5S2/c1-3-23-15(20)11-6-4-5-9-18(11)13(19)10-17(2)25(21,22)14-8-7-12(16)24-14/h7-8,11H,3-6,9-10H2,1-2H3. The summed E-state index contributed by atoms with van der Waals surface area (Å²) in [4.78, 5) is 26.1. The van der Waals surface area contributed by atoms with Gasteiger partial charge in [0.25, 0.3) is 10.0 Å². The first-order valence-electron chi connectivity index (χ1n) is 7.95. The number of carbonyl (C=O) groups is 2. The second kappa shape index (κ2) is 8.48. The summed E-state index contributed by atoms with van der Waals surface area (Å²) in [5.41, 5.74) is 0. The Morgan fingerprint density at radius 1 is 1.40 bits per heavy atom. The Balaban J connectivity index is 2.10. The average Bonchev–Trinajstić information content (AvgIpc) is 3.02. The average molecular weight is 409 g/mol. The molecule has 0 radical (unpaired) electrons. The van der Waals surface area contributed by atoms with Gasteiger partial charge in [-0.05, 0) is 38.3 Å². The number of likely N-dealkylation sites (N-methyl/N-ethyl adjacent to an activating group) is 1. The van der Waals surface area contributed by atoms with Gasteiger partial charge in [-0.2, -0.15) is 4.31 Å². The van der Waals surface area contributed by atoms with E-state index in [-0.39, 0.29) is 17.4 Å². The maximum atomic E-state index is 12.6. The lowest BCUT2D eigenvalue weighted by Crippen LogP contribution is -2.51. The summed E-state index contributed by atoms with van der Waals surface area (Å²) in [7, 11) is -2.46. The number of rotatable bonds is 6. The van der Waals surface area contributed by atoms with Gasteiger partial charge >= 0.3 is 5.97 Å². The van der Waals surface area contributed by atoms with Gasteiger partial charge in [-0.3, -0.25) is 4.79 Å². The molecule has 1 atom stereocenters. The maximum Gasteiger partial charge on any atom is 0.328 e. The predicted molar refractivity (Wildman–Crippen MR) is 95.1 cm³/mol. The van der Waals surface area contributed by atoms with Crippen LogP contribution in [0.1, 0.15) is 26.2 Å². The number of carbonyl (C=O) groups excluding carboxylic acids is 2. The van der Waals surface area contributed by atoms with Gasteiger partial charge in [0.05, 0.1) is 17.5 Å². The first-order chi connectivity index (χ1) is 11.8. The SMILES string of the molecule is CCOC(=O)C1CCCCN1C(=O)CN(C)S(=O)(=O)c1ccc(Cl)s1. The molecule has 25 heavy (non-hydrogen) atoms. The lowest BCUT2D eigenvalue weighted by molar-refractivity contribution is -0.156. The van der Waals surface area contributed by atoms with Crippen molar-refractivity contribution >= 4 is 44.8 Å². The molecule has 2 heterocycles. The zero-order valence-electron chi connectivity index (χ0n) is 14.1. The van der Waals surface area contributed by atoms with Gasteiger partial charge in [0.1, 0.15) is 10.3 Å². The van der Waals surface area contributed by atoms with E-state index < -0.39 is 27.9 Å². The molecule has 1 unspecified atom stereocenters. The lowest BCUT2D eigenvalue weighted by Gasteiger charge is -2.34. The Morgan fingerprint density at radius 2 is 2.12 bits per heavy atom. The third-order valence-corrected chi connectivity index (χ3v) is 7.45. The minimum Gasteiger partial charge on any atom is -0.464 e. The van der Waals surface area contributed by atoms with E-state index in [1.807, 2.05) is 0 Å². The first-order valence-corrected chi connectivity index (χ1v) is 10.6. The van der Waals surface area contributed by atoms with Crippen LogP contribution in [0, 0.1) is 0 Å². The summed E-state index contributed by atoms with van der Waals surface area (Å²) in [6.07, 6.45) is 2.13. The fraction of sp³-hybridized carbons (Fsp3) is 0.600. The third kappa shape index (κ3) is 4.72. The van der Waals surface area contributed by atoms with Gasteiger partial charge in [0.15, 0.2) is 0 Å². The number of amides is 1. The molecular weight excluding hydrogens is 388 g/mol. The van der Waals surface area contributed by atoms with Crippen LogP contribution in [-0.2, 0) is 24.3 Å². The monoisotopic (exact) mass is 408 g/mol. The van der Waals surface area contributed by atoms with Crippen LogP contribution in [0.25, 0.3) is 0 Å². The van der Waals surface area contributed by atoms with Crippen LogP contribution in [0.15, 0.2) is 16.3 Å². The number of ether oxygens (including phenoxy) is 1. The number of thiophene rings is 1. The summed E-state index contributed by atoms with van der Waals surface area (Å²) >= 11 is 6.73. The molecule has 10 heteroatoms. The fourth-order valence-corrected chi connectivity index (χ4v) is 5.48. The van der Waals surface area contributed by atoms with Crippen molar-refractivity contribution in [1.29, 1.82) is 0 Å². The number of hydrogen-bond donors (Lipinski definition) is 0. The van der Waals surface area contributed by atoms with Crippen molar-refractivity contribution in [2.45, 2.75) is 36.4 Å². The van der Waals surface area contributed by atoms with Crippen molar-refractivity contribution in [2.75, 3.05) is 26.7 Å². The highest BCUT2D eigenvalue weighted by Crippen LogP contribution is 2.28. The molecule has 1 aliphatic rings. The van der Waals surface area contributed by atoms with Crippen LogP contribution in [-0.4, -0.2) is 62.3 Å². The van der Waals surface area contributed by atoms with E-state index in [9.17, 15) is 18.0 Å². The maximum absolute atomic E-state index is 12.6. The summed E-state index contributed by atoms with van der Waals surface area (Å²) in [5, 5.41) is 0. The normalized spacial score (nSPS) is 18.4. The second-order valence-electron chi connectivity index (χ2n) is 5.67. The molecule has 1 aromatic heterocycles. The number of likely N-dealkylation sites (tertiary alicyclic amines) is 1. The first kappa shape index (κ1) is 20.2. The molecule has 0 aliphatic carbocycles. The van der Waals surface area contributed by atoms with E-state index in [1.165, 1.54) is 24.1 Å². The van der Waals surface area contributed by atoms with Crippen molar-refractivity contribution in [3.63, 3.8) is 0 Å². The van der Waals surface area contributed by atoms with Crippen LogP contribution in [0.5, 0.6) is 0 Å². The molecule has 1 amide bonds. The topological polar surface area (TPSA) is 84.0 Å². The van der Waals surface area contributed by atoms with E-state index in [4.69, 9.17) is 16.3 Å². The molecule has 140 valence electrons. The summed E-state index contributed by atoms with van der Waals surface area (Å²) < 4.78 is 31.4. The van der Waals surface area contributed by atoms with Crippen molar-refractivity contribution in [3.8, 4) is 0 Å². The minimum absolute atomic E-state index is 0.0772. The highest BCUT2D eigenvalue weighted by Gasteiger charge is 2.35. The van der Waals surface area contributed by atoms with Gasteiger partial charge in [-0.1, -0.05) is 11.6 Å². The van der Waals surface area contributed by atoms with Crippen LogP contribution in [0.3, 0.4) is 0 Å². The number of sulfonamides is 1. The minimum atomic E-state index is -3.80. The molecule has 0 saturated carbocycles. The molecule has 1 saturated heterocycles. The summed E-state index contributed by atoms with van der Waals surface area (Å²) in [6.45, 7) is 2.03. The highest BCUT2D eigenvalue weighted by molar-refractivity contribution is 7.91. The van der Waals surface area contributed by atoms with E-state index in [1.54, 1.807) is 6.92 Å². The number of nitrogens with zero attached hydrogens (tertiary/aromatic N) is 2. The second-order valence-corrected chi connectivity index (χ2v) is 9.66. The largest absolute Gasteiger partial charge is 0.464 e. The van der Waals surface area contributed by atoms with Crippen molar-refractivity contribution in [2.24, 2.45) is 0 Å². The van der Waals surface area contributed by atoms with E-state index in [2.05, 4.69) is 0 Å². The van der Waals surface area contributed by atoms with E-state index in [0.29, 0.717) is 17.3 Å². The zero-order chi connectivity index (χ0) is 18.6. The zero-order valence-corrected chi connectivity index (χ0v) is 16.5. The Kier molecular flexibility index (Phi) is 6.84. The quantitative estimate of drug-likeness (QED) is 0.672. The van der Waals surface area contributed by atoms with Crippen molar-refractivity contribution < 1.29 is 22.7 Å². The molecular formula is C15H21ClN2O5S2. The predicted octanol–water partition coefficient (Wildman–Crippen LogP) is 1.97. The highest BCUT2D eigenvalue weighted by atomic mass is 35.5. The van der Waals surface area contributed by atoms with E-state index in [0.717, 1.165) is 28.5 Å². The summed E-state index contributed by atoms with van der Waals surface area (Å²) in [6, 6.07) is 2.26. The lowest BCUT2D eigenvalue weighted by atomic mass is 10.0. The number of hydrogen-bond acceptors (Lipinski definition) is 6. The number of esters is 1. The van der Waals surface area contributed by atoms with Crippen LogP contribution in [0.2, 0.25) is 4.34 Å². The summed E-state index contributed by atoms with van der Waals surface area (Å²) in [5.74, 6) is -0.849. The van der Waals surface area contributed by atoms with Crippen molar-refractivity contribution in [3.05, 3.63) is 16.5 Å². The number of halogens is 1. The third-order valence-electron chi connectivity index (χ3n) is 3.95. The Hall–Kier alpha value is -1.16. The van der Waals surface area contributed by atoms with Crippen molar-refractivity contribution in [1.82, 2.24) is 9.21 Å². The number of piperidine rings is 1. The van der Waals surface area contributed by atoms with Crippen LogP contribution >= 0.6 is 22.9 Å². The molecule has 0 bridgehead atoms. The Bertz CT molecular complexity index is 734. The molecule has 2 rings (SSSR count). The van der Waals surface area contributed by atoms with Gasteiger partial charge < -0.3 is 9.64 Å².